The van der Waals surface area contributed by atoms with E-state index in [9.17, 15) is 14.0 Å². The van der Waals surface area contributed by atoms with Crippen LogP contribution in [-0.4, -0.2) is 23.3 Å². The molecule has 6 heteroatoms. The zero-order chi connectivity index (χ0) is 22.0. The second kappa shape index (κ2) is 8.74. The van der Waals surface area contributed by atoms with E-state index >= 15 is 0 Å². The molecule has 0 saturated carbocycles. The molecule has 1 aliphatic rings. The van der Waals surface area contributed by atoms with Gasteiger partial charge in [-0.05, 0) is 60.4 Å². The van der Waals surface area contributed by atoms with E-state index < -0.39 is 17.6 Å². The molecule has 0 unspecified atom stereocenters. The summed E-state index contributed by atoms with van der Waals surface area (Å²) in [6, 6.07) is 20.5. The molecular weight excluding hydrogens is 415 g/mol. The van der Waals surface area contributed by atoms with Crippen LogP contribution in [0.15, 0.2) is 78.5 Å². The van der Waals surface area contributed by atoms with Crippen LogP contribution in [0.25, 0.3) is 5.57 Å². The van der Waals surface area contributed by atoms with Crippen LogP contribution in [0.2, 0.25) is 5.02 Å². The maximum absolute atomic E-state index is 13.5. The Bertz CT molecular complexity index is 1170. The summed E-state index contributed by atoms with van der Waals surface area (Å²) in [6.07, 6.45) is 0.544. The highest BCUT2D eigenvalue weighted by Crippen LogP contribution is 2.32. The van der Waals surface area contributed by atoms with Crippen molar-refractivity contribution in [2.75, 3.05) is 11.9 Å². The Balaban J connectivity index is 1.69. The van der Waals surface area contributed by atoms with Gasteiger partial charge in [0.25, 0.3) is 11.8 Å². The predicted molar refractivity (Wildman–Crippen MR) is 120 cm³/mol. The summed E-state index contributed by atoms with van der Waals surface area (Å²) in [7, 11) is 0. The van der Waals surface area contributed by atoms with Crippen LogP contribution >= 0.6 is 11.6 Å². The Labute approximate surface area is 185 Å². The van der Waals surface area contributed by atoms with Crippen LogP contribution in [0, 0.1) is 12.7 Å². The van der Waals surface area contributed by atoms with Gasteiger partial charge in [0.15, 0.2) is 0 Å². The minimum atomic E-state index is -0.412. The highest BCUT2D eigenvalue weighted by Gasteiger charge is 2.39. The van der Waals surface area contributed by atoms with Gasteiger partial charge < -0.3 is 5.32 Å². The maximum Gasteiger partial charge on any atom is 0.278 e. The van der Waals surface area contributed by atoms with Gasteiger partial charge in [0.1, 0.15) is 11.5 Å². The summed E-state index contributed by atoms with van der Waals surface area (Å²) in [6.45, 7) is 2.11. The Morgan fingerprint density at radius 2 is 1.65 bits per heavy atom. The topological polar surface area (TPSA) is 49.4 Å². The summed E-state index contributed by atoms with van der Waals surface area (Å²) in [5.41, 5.74) is 3.42. The lowest BCUT2D eigenvalue weighted by Gasteiger charge is -2.15. The summed E-state index contributed by atoms with van der Waals surface area (Å²) in [5, 5.41) is 3.70. The standard InChI is InChI=1S/C25H20ClFN2O2/c1-16-15-19(26)9-12-21(16)28-23-22(18-7-10-20(27)11-8-18)24(30)29(25(23)31)14-13-17-5-3-2-4-6-17/h2-12,15,28H,13-14H2,1H3. The number of nitrogens with one attached hydrogen (secondary N) is 1. The average Bonchev–Trinajstić information content (AvgIpc) is 2.99. The lowest BCUT2D eigenvalue weighted by molar-refractivity contribution is -0.136. The molecule has 1 N–H and O–H groups in total. The van der Waals surface area contributed by atoms with Crippen molar-refractivity contribution in [1.29, 1.82) is 0 Å². The maximum atomic E-state index is 13.5. The summed E-state index contributed by atoms with van der Waals surface area (Å²) in [5.74, 6) is -1.22. The van der Waals surface area contributed by atoms with Crippen molar-refractivity contribution >= 4 is 34.7 Å². The number of carbonyl (C=O) groups is 2. The van der Waals surface area contributed by atoms with E-state index in [1.807, 2.05) is 37.3 Å². The number of rotatable bonds is 6. The van der Waals surface area contributed by atoms with E-state index in [2.05, 4.69) is 5.32 Å². The quantitative estimate of drug-likeness (QED) is 0.541. The Hall–Kier alpha value is -3.44. The molecule has 1 heterocycles. The summed E-state index contributed by atoms with van der Waals surface area (Å²) < 4.78 is 13.5. The molecule has 0 aromatic heterocycles. The molecule has 4 nitrogen and oxygen atoms in total. The SMILES string of the molecule is Cc1cc(Cl)ccc1NC1=C(c2ccc(F)cc2)C(=O)N(CCc2ccccc2)C1=O. The zero-order valence-electron chi connectivity index (χ0n) is 16.9. The van der Waals surface area contributed by atoms with Crippen LogP contribution in [0.5, 0.6) is 0 Å². The smallest absolute Gasteiger partial charge is 0.278 e. The molecule has 3 aromatic rings. The van der Waals surface area contributed by atoms with Crippen molar-refractivity contribution in [3.8, 4) is 0 Å². The van der Waals surface area contributed by atoms with Crippen molar-refractivity contribution in [1.82, 2.24) is 4.90 Å². The number of hydrogen-bond acceptors (Lipinski definition) is 3. The van der Waals surface area contributed by atoms with Crippen molar-refractivity contribution in [2.24, 2.45) is 0 Å². The van der Waals surface area contributed by atoms with E-state index in [1.165, 1.54) is 29.2 Å². The van der Waals surface area contributed by atoms with Crippen LogP contribution in [-0.2, 0) is 16.0 Å². The van der Waals surface area contributed by atoms with Gasteiger partial charge in [0.2, 0.25) is 0 Å². The van der Waals surface area contributed by atoms with Crippen LogP contribution < -0.4 is 5.32 Å². The van der Waals surface area contributed by atoms with Gasteiger partial charge in [-0.3, -0.25) is 14.5 Å². The van der Waals surface area contributed by atoms with Gasteiger partial charge in [-0.1, -0.05) is 54.1 Å². The third-order valence-electron chi connectivity index (χ3n) is 5.22. The second-order valence-corrected chi connectivity index (χ2v) is 7.78. The molecular formula is C25H20ClFN2O2. The molecule has 2 amide bonds. The van der Waals surface area contributed by atoms with Crippen LogP contribution in [0.3, 0.4) is 0 Å². The number of hydrogen-bond donors (Lipinski definition) is 1. The average molecular weight is 435 g/mol. The minimum Gasteiger partial charge on any atom is -0.350 e. The molecule has 0 fully saturated rings. The predicted octanol–water partition coefficient (Wildman–Crippen LogP) is 5.22. The first-order valence-electron chi connectivity index (χ1n) is 9.87. The number of benzene rings is 3. The van der Waals surface area contributed by atoms with Gasteiger partial charge in [0, 0.05) is 17.3 Å². The van der Waals surface area contributed by atoms with Gasteiger partial charge >= 0.3 is 0 Å². The lowest BCUT2D eigenvalue weighted by Crippen LogP contribution is -2.34. The fourth-order valence-electron chi connectivity index (χ4n) is 3.57. The van der Waals surface area contributed by atoms with E-state index in [-0.39, 0.29) is 17.8 Å². The van der Waals surface area contributed by atoms with Crippen LogP contribution in [0.4, 0.5) is 10.1 Å². The lowest BCUT2D eigenvalue weighted by atomic mass is 10.0. The van der Waals surface area contributed by atoms with Gasteiger partial charge in [-0.15, -0.1) is 0 Å². The molecule has 0 aliphatic carbocycles. The van der Waals surface area contributed by atoms with Crippen molar-refractivity contribution < 1.29 is 14.0 Å². The van der Waals surface area contributed by atoms with Gasteiger partial charge in [0.05, 0.1) is 5.57 Å². The molecule has 156 valence electrons. The largest absolute Gasteiger partial charge is 0.350 e. The number of amides is 2. The van der Waals surface area contributed by atoms with E-state index in [0.29, 0.717) is 22.7 Å². The fraction of sp³-hybridized carbons (Fsp3) is 0.120. The first-order valence-corrected chi connectivity index (χ1v) is 10.3. The molecule has 31 heavy (non-hydrogen) atoms. The Kier molecular flexibility index (Phi) is 5.87. The monoisotopic (exact) mass is 434 g/mol. The first-order chi connectivity index (χ1) is 14.9. The molecule has 0 atom stereocenters. The molecule has 0 saturated heterocycles. The van der Waals surface area contributed by atoms with Crippen molar-refractivity contribution in [2.45, 2.75) is 13.3 Å². The molecule has 1 aliphatic heterocycles. The van der Waals surface area contributed by atoms with Crippen molar-refractivity contribution in [3.05, 3.63) is 106 Å². The molecule has 0 spiro atoms. The van der Waals surface area contributed by atoms with E-state index in [4.69, 9.17) is 11.6 Å². The number of nitrogens with zero attached hydrogens (tertiary/aromatic N) is 1. The summed E-state index contributed by atoms with van der Waals surface area (Å²) >= 11 is 6.04. The Morgan fingerprint density at radius 1 is 0.935 bits per heavy atom. The van der Waals surface area contributed by atoms with Gasteiger partial charge in [-0.25, -0.2) is 4.39 Å². The van der Waals surface area contributed by atoms with Crippen LogP contribution in [0.1, 0.15) is 16.7 Å². The normalized spacial score (nSPS) is 13.8. The number of imide groups is 1. The van der Waals surface area contributed by atoms with Gasteiger partial charge in [-0.2, -0.15) is 0 Å². The van der Waals surface area contributed by atoms with E-state index in [0.717, 1.165) is 11.1 Å². The first kappa shape index (κ1) is 20.8. The second-order valence-electron chi connectivity index (χ2n) is 7.34. The summed E-state index contributed by atoms with van der Waals surface area (Å²) in [4.78, 5) is 27.7. The number of halogens is 2. The number of anilines is 1. The molecule has 0 bridgehead atoms. The minimum absolute atomic E-state index is 0.176. The third kappa shape index (κ3) is 4.37. The molecule has 3 aromatic carbocycles. The molecule has 4 rings (SSSR count). The number of aryl methyl sites for hydroxylation is 1. The van der Waals surface area contributed by atoms with Crippen molar-refractivity contribution in [3.63, 3.8) is 0 Å². The molecule has 0 radical (unpaired) electrons. The third-order valence-corrected chi connectivity index (χ3v) is 5.45. The number of carbonyl (C=O) groups excluding carboxylic acids is 2. The highest BCUT2D eigenvalue weighted by atomic mass is 35.5. The fourth-order valence-corrected chi connectivity index (χ4v) is 3.79. The highest BCUT2D eigenvalue weighted by molar-refractivity contribution is 6.36. The zero-order valence-corrected chi connectivity index (χ0v) is 17.6. The van der Waals surface area contributed by atoms with E-state index in [1.54, 1.807) is 18.2 Å². The Morgan fingerprint density at radius 3 is 2.32 bits per heavy atom.